The summed E-state index contributed by atoms with van der Waals surface area (Å²) in [6.07, 6.45) is 13.1. The van der Waals surface area contributed by atoms with E-state index < -0.39 is 0 Å². The Bertz CT molecular complexity index is 413. The van der Waals surface area contributed by atoms with Gasteiger partial charge in [-0.05, 0) is 36.8 Å². The van der Waals surface area contributed by atoms with Crippen molar-refractivity contribution in [2.75, 3.05) is 0 Å². The van der Waals surface area contributed by atoms with E-state index in [9.17, 15) is 0 Å². The van der Waals surface area contributed by atoms with Gasteiger partial charge in [0.15, 0.2) is 0 Å². The highest BCUT2D eigenvalue weighted by Crippen LogP contribution is 2.24. The lowest BCUT2D eigenvalue weighted by Gasteiger charge is -2.13. The van der Waals surface area contributed by atoms with Crippen LogP contribution in [0.25, 0.3) is 6.08 Å². The van der Waals surface area contributed by atoms with Gasteiger partial charge in [0.2, 0.25) is 0 Å². The highest BCUT2D eigenvalue weighted by molar-refractivity contribution is 5.54. The molecule has 1 aromatic carbocycles. The highest BCUT2D eigenvalue weighted by atomic mass is 14.1. The van der Waals surface area contributed by atoms with Crippen molar-refractivity contribution < 1.29 is 0 Å². The first-order valence-corrected chi connectivity index (χ1v) is 6.46. The summed E-state index contributed by atoms with van der Waals surface area (Å²) in [6.45, 7) is 4.10. The van der Waals surface area contributed by atoms with Crippen molar-refractivity contribution in [2.24, 2.45) is 0 Å². The highest BCUT2D eigenvalue weighted by Gasteiger charge is 2.04. The molecule has 88 valence electrons. The average molecular weight is 224 g/mol. The molecule has 0 atom stereocenters. The van der Waals surface area contributed by atoms with Crippen molar-refractivity contribution in [2.45, 2.75) is 32.1 Å². The maximum absolute atomic E-state index is 4.10. The summed E-state index contributed by atoms with van der Waals surface area (Å²) in [5.41, 5.74) is 3.92. The molecule has 0 unspecified atom stereocenters. The lowest BCUT2D eigenvalue weighted by Crippen LogP contribution is -1.93. The molecular formula is C17H20. The SMILES string of the molecule is C=C(C=C1CCCCC1)/C=C/c1ccccc1. The van der Waals surface area contributed by atoms with Gasteiger partial charge in [0.25, 0.3) is 0 Å². The van der Waals surface area contributed by atoms with Crippen molar-refractivity contribution in [1.82, 2.24) is 0 Å². The van der Waals surface area contributed by atoms with Crippen molar-refractivity contribution in [3.8, 4) is 0 Å². The smallest absolute Gasteiger partial charge is 0.0256 e. The summed E-state index contributed by atoms with van der Waals surface area (Å²) in [4.78, 5) is 0. The van der Waals surface area contributed by atoms with E-state index in [2.05, 4.69) is 49.1 Å². The molecule has 0 spiro atoms. The number of hydrogen-bond donors (Lipinski definition) is 0. The van der Waals surface area contributed by atoms with Crippen LogP contribution in [-0.4, -0.2) is 0 Å². The molecule has 0 radical (unpaired) electrons. The van der Waals surface area contributed by atoms with Crippen LogP contribution < -0.4 is 0 Å². The van der Waals surface area contributed by atoms with Gasteiger partial charge in [0.05, 0.1) is 0 Å². The molecule has 17 heavy (non-hydrogen) atoms. The Hall–Kier alpha value is -1.56. The van der Waals surface area contributed by atoms with Crippen molar-refractivity contribution in [3.63, 3.8) is 0 Å². The Morgan fingerprint density at radius 2 is 1.71 bits per heavy atom. The van der Waals surface area contributed by atoms with Crippen LogP contribution in [0.3, 0.4) is 0 Å². The van der Waals surface area contributed by atoms with Gasteiger partial charge in [0.1, 0.15) is 0 Å². The number of hydrogen-bond acceptors (Lipinski definition) is 0. The third kappa shape index (κ3) is 4.07. The van der Waals surface area contributed by atoms with Gasteiger partial charge >= 0.3 is 0 Å². The Morgan fingerprint density at radius 1 is 1.00 bits per heavy atom. The van der Waals surface area contributed by atoms with Crippen LogP contribution >= 0.6 is 0 Å². The average Bonchev–Trinajstić information content (AvgIpc) is 2.39. The van der Waals surface area contributed by atoms with E-state index in [1.807, 2.05) is 6.07 Å². The molecule has 1 aromatic rings. The molecule has 0 heterocycles. The normalized spacial score (nSPS) is 16.1. The third-order valence-electron chi connectivity index (χ3n) is 3.17. The molecule has 1 aliphatic carbocycles. The molecule has 1 saturated carbocycles. The summed E-state index contributed by atoms with van der Waals surface area (Å²) in [5.74, 6) is 0. The fourth-order valence-electron chi connectivity index (χ4n) is 2.23. The van der Waals surface area contributed by atoms with E-state index in [0.717, 1.165) is 5.57 Å². The van der Waals surface area contributed by atoms with Crippen molar-refractivity contribution >= 4 is 6.08 Å². The minimum absolute atomic E-state index is 1.12. The molecule has 0 aromatic heterocycles. The summed E-state index contributed by atoms with van der Waals surface area (Å²) in [6, 6.07) is 10.4. The summed E-state index contributed by atoms with van der Waals surface area (Å²) < 4.78 is 0. The predicted molar refractivity (Wildman–Crippen MR) is 75.8 cm³/mol. The van der Waals surface area contributed by atoms with Crippen LogP contribution in [-0.2, 0) is 0 Å². The fourth-order valence-corrected chi connectivity index (χ4v) is 2.23. The number of benzene rings is 1. The largest absolute Gasteiger partial charge is 0.0918 e. The zero-order chi connectivity index (χ0) is 11.9. The van der Waals surface area contributed by atoms with Gasteiger partial charge in [-0.25, -0.2) is 0 Å². The van der Waals surface area contributed by atoms with Crippen LogP contribution in [0.4, 0.5) is 0 Å². The lowest BCUT2D eigenvalue weighted by atomic mass is 9.93. The molecule has 1 aliphatic rings. The van der Waals surface area contributed by atoms with E-state index in [4.69, 9.17) is 0 Å². The van der Waals surface area contributed by atoms with Gasteiger partial charge in [-0.15, -0.1) is 0 Å². The molecule has 2 rings (SSSR count). The van der Waals surface area contributed by atoms with Gasteiger partial charge in [-0.1, -0.05) is 67.1 Å². The maximum Gasteiger partial charge on any atom is -0.0256 e. The van der Waals surface area contributed by atoms with Crippen molar-refractivity contribution in [1.29, 1.82) is 0 Å². The predicted octanol–water partition coefficient (Wildman–Crippen LogP) is 5.15. The Morgan fingerprint density at radius 3 is 2.41 bits per heavy atom. The summed E-state index contributed by atoms with van der Waals surface area (Å²) in [7, 11) is 0. The van der Waals surface area contributed by atoms with E-state index in [0.29, 0.717) is 0 Å². The maximum atomic E-state index is 4.10. The third-order valence-corrected chi connectivity index (χ3v) is 3.17. The van der Waals surface area contributed by atoms with Crippen LogP contribution in [0.2, 0.25) is 0 Å². The Balaban J connectivity index is 1.95. The quantitative estimate of drug-likeness (QED) is 0.623. The summed E-state index contributed by atoms with van der Waals surface area (Å²) >= 11 is 0. The van der Waals surface area contributed by atoms with Crippen LogP contribution in [0.1, 0.15) is 37.7 Å². The van der Waals surface area contributed by atoms with Gasteiger partial charge in [-0.2, -0.15) is 0 Å². The first-order chi connectivity index (χ1) is 8.34. The zero-order valence-corrected chi connectivity index (χ0v) is 10.4. The molecule has 0 aliphatic heterocycles. The second kappa shape index (κ2) is 6.24. The molecule has 0 N–H and O–H groups in total. The Labute approximate surface area is 104 Å². The minimum atomic E-state index is 1.12. The second-order valence-electron chi connectivity index (χ2n) is 4.68. The molecule has 0 amide bonds. The minimum Gasteiger partial charge on any atom is -0.0918 e. The first-order valence-electron chi connectivity index (χ1n) is 6.46. The number of allylic oxidation sites excluding steroid dienone is 4. The van der Waals surface area contributed by atoms with Gasteiger partial charge in [0, 0.05) is 0 Å². The number of rotatable bonds is 3. The monoisotopic (exact) mass is 224 g/mol. The molecular weight excluding hydrogens is 204 g/mol. The van der Waals surface area contributed by atoms with Crippen LogP contribution in [0.5, 0.6) is 0 Å². The van der Waals surface area contributed by atoms with Crippen LogP contribution in [0, 0.1) is 0 Å². The van der Waals surface area contributed by atoms with E-state index in [1.165, 1.54) is 37.7 Å². The zero-order valence-electron chi connectivity index (χ0n) is 10.4. The van der Waals surface area contributed by atoms with E-state index in [1.54, 1.807) is 5.57 Å². The van der Waals surface area contributed by atoms with E-state index in [-0.39, 0.29) is 0 Å². The molecule has 1 fully saturated rings. The Kier molecular flexibility index (Phi) is 4.37. The second-order valence-corrected chi connectivity index (χ2v) is 4.68. The molecule has 0 nitrogen and oxygen atoms in total. The lowest BCUT2D eigenvalue weighted by molar-refractivity contribution is 0.599. The summed E-state index contributed by atoms with van der Waals surface area (Å²) in [5, 5.41) is 0. The van der Waals surface area contributed by atoms with Crippen molar-refractivity contribution in [3.05, 3.63) is 65.8 Å². The molecule has 0 bridgehead atoms. The van der Waals surface area contributed by atoms with Gasteiger partial charge in [-0.3, -0.25) is 0 Å². The standard InChI is InChI=1S/C17H20/c1-15(14-17-10-6-3-7-11-17)12-13-16-8-4-2-5-9-16/h2,4-5,8-9,12-14H,1,3,6-7,10-11H2/b13-12+. The topological polar surface area (TPSA) is 0 Å². The first kappa shape index (κ1) is 11.9. The van der Waals surface area contributed by atoms with Crippen LogP contribution in [0.15, 0.2) is 60.2 Å². The molecule has 0 heteroatoms. The molecule has 0 saturated heterocycles. The van der Waals surface area contributed by atoms with Gasteiger partial charge < -0.3 is 0 Å². The fraction of sp³-hybridized carbons (Fsp3) is 0.294. The van der Waals surface area contributed by atoms with E-state index >= 15 is 0 Å².